The van der Waals surface area contributed by atoms with Gasteiger partial charge in [-0.2, -0.15) is 0 Å². The van der Waals surface area contributed by atoms with Crippen molar-refractivity contribution >= 4 is 11.9 Å². The van der Waals surface area contributed by atoms with Crippen LogP contribution >= 0.6 is 0 Å². The number of methoxy groups -OCH3 is 1. The van der Waals surface area contributed by atoms with Crippen LogP contribution in [0.4, 0.5) is 4.39 Å². The predicted octanol–water partition coefficient (Wildman–Crippen LogP) is 1.58. The van der Waals surface area contributed by atoms with Gasteiger partial charge in [0.15, 0.2) is 0 Å². The standard InChI is InChI=1S/C15H20FNO5/c1-10(7-14(18)19)17-15(20)11-3-4-13(16)12(8-11)9-22-6-5-21-2/h3-4,8,10H,5-7,9H2,1-2H3,(H,17,20)(H,18,19). The molecule has 122 valence electrons. The molecule has 0 fully saturated rings. The summed E-state index contributed by atoms with van der Waals surface area (Å²) in [6.07, 6.45) is -0.181. The highest BCUT2D eigenvalue weighted by molar-refractivity contribution is 5.94. The molecule has 0 spiro atoms. The third-order valence-corrected chi connectivity index (χ3v) is 2.86. The molecule has 0 saturated heterocycles. The van der Waals surface area contributed by atoms with Crippen molar-refractivity contribution in [2.75, 3.05) is 20.3 Å². The predicted molar refractivity (Wildman–Crippen MR) is 77.1 cm³/mol. The quantitative estimate of drug-likeness (QED) is 0.676. The molecule has 0 radical (unpaired) electrons. The fourth-order valence-corrected chi connectivity index (χ4v) is 1.77. The minimum absolute atomic E-state index is 0.0288. The average molecular weight is 313 g/mol. The van der Waals surface area contributed by atoms with Crippen LogP contribution in [-0.2, 0) is 20.9 Å². The van der Waals surface area contributed by atoms with Crippen LogP contribution in [0.5, 0.6) is 0 Å². The van der Waals surface area contributed by atoms with Crippen LogP contribution in [0.3, 0.4) is 0 Å². The van der Waals surface area contributed by atoms with E-state index in [1.165, 1.54) is 25.3 Å². The first-order chi connectivity index (χ1) is 10.4. The van der Waals surface area contributed by atoms with E-state index in [1.54, 1.807) is 6.92 Å². The zero-order chi connectivity index (χ0) is 16.5. The first-order valence-electron chi connectivity index (χ1n) is 6.81. The Hall–Kier alpha value is -1.99. The second-order valence-electron chi connectivity index (χ2n) is 4.82. The Morgan fingerprint density at radius 1 is 1.36 bits per heavy atom. The Morgan fingerprint density at radius 2 is 2.09 bits per heavy atom. The Kier molecular flexibility index (Phi) is 7.48. The first-order valence-corrected chi connectivity index (χ1v) is 6.81. The number of halogens is 1. The number of carboxylic acids is 1. The van der Waals surface area contributed by atoms with Gasteiger partial charge in [-0.25, -0.2) is 4.39 Å². The Balaban J connectivity index is 2.66. The third-order valence-electron chi connectivity index (χ3n) is 2.86. The van der Waals surface area contributed by atoms with Gasteiger partial charge in [-0.15, -0.1) is 0 Å². The van der Waals surface area contributed by atoms with Crippen molar-refractivity contribution < 1.29 is 28.6 Å². The lowest BCUT2D eigenvalue weighted by Gasteiger charge is -2.12. The van der Waals surface area contributed by atoms with Gasteiger partial charge in [0.25, 0.3) is 5.91 Å². The molecule has 0 bridgehead atoms. The Labute approximate surface area is 128 Å². The molecular formula is C15H20FNO5. The van der Waals surface area contributed by atoms with E-state index in [0.29, 0.717) is 13.2 Å². The summed E-state index contributed by atoms with van der Waals surface area (Å²) in [6, 6.07) is 3.41. The highest BCUT2D eigenvalue weighted by atomic mass is 19.1. The number of benzene rings is 1. The minimum Gasteiger partial charge on any atom is -0.481 e. The normalized spacial score (nSPS) is 12.0. The van der Waals surface area contributed by atoms with Crippen molar-refractivity contribution in [3.8, 4) is 0 Å². The number of amides is 1. The van der Waals surface area contributed by atoms with E-state index in [1.807, 2.05) is 0 Å². The highest BCUT2D eigenvalue weighted by Gasteiger charge is 2.14. The number of aliphatic carboxylic acids is 1. The SMILES string of the molecule is COCCOCc1cc(C(=O)NC(C)CC(=O)O)ccc1F. The smallest absolute Gasteiger partial charge is 0.305 e. The van der Waals surface area contributed by atoms with Gasteiger partial charge in [-0.3, -0.25) is 9.59 Å². The van der Waals surface area contributed by atoms with Crippen LogP contribution in [0.25, 0.3) is 0 Å². The molecule has 1 aromatic carbocycles. The second kappa shape index (κ2) is 9.11. The third kappa shape index (κ3) is 6.19. The fourth-order valence-electron chi connectivity index (χ4n) is 1.77. The number of carboxylic acid groups (broad SMARTS) is 1. The Bertz CT molecular complexity index is 521. The Morgan fingerprint density at radius 3 is 2.73 bits per heavy atom. The highest BCUT2D eigenvalue weighted by Crippen LogP contribution is 2.12. The van der Waals surface area contributed by atoms with Gasteiger partial charge in [0.05, 0.1) is 26.2 Å². The molecule has 0 saturated carbocycles. The lowest BCUT2D eigenvalue weighted by atomic mass is 10.1. The number of hydrogen-bond acceptors (Lipinski definition) is 4. The van der Waals surface area contributed by atoms with E-state index in [-0.39, 0.29) is 24.2 Å². The second-order valence-corrected chi connectivity index (χ2v) is 4.82. The summed E-state index contributed by atoms with van der Waals surface area (Å²) in [5, 5.41) is 11.2. The fraction of sp³-hybridized carbons (Fsp3) is 0.467. The lowest BCUT2D eigenvalue weighted by Crippen LogP contribution is -2.34. The molecule has 0 aliphatic rings. The molecule has 1 aromatic rings. The van der Waals surface area contributed by atoms with Gasteiger partial charge >= 0.3 is 5.97 Å². The maximum atomic E-state index is 13.7. The summed E-state index contributed by atoms with van der Waals surface area (Å²) >= 11 is 0. The van der Waals surface area contributed by atoms with Gasteiger partial charge < -0.3 is 19.9 Å². The van der Waals surface area contributed by atoms with E-state index in [2.05, 4.69) is 5.32 Å². The van der Waals surface area contributed by atoms with Crippen molar-refractivity contribution in [1.82, 2.24) is 5.32 Å². The van der Waals surface area contributed by atoms with Gasteiger partial charge in [0, 0.05) is 24.3 Å². The van der Waals surface area contributed by atoms with Gasteiger partial charge in [0.1, 0.15) is 5.82 Å². The summed E-state index contributed by atoms with van der Waals surface area (Å²) in [7, 11) is 1.53. The minimum atomic E-state index is -1.00. The maximum absolute atomic E-state index is 13.7. The van der Waals surface area contributed by atoms with E-state index in [4.69, 9.17) is 14.6 Å². The van der Waals surface area contributed by atoms with E-state index in [0.717, 1.165) is 0 Å². The van der Waals surface area contributed by atoms with Crippen molar-refractivity contribution in [2.45, 2.75) is 26.0 Å². The monoisotopic (exact) mass is 313 g/mol. The molecule has 1 atom stereocenters. The lowest BCUT2D eigenvalue weighted by molar-refractivity contribution is -0.137. The van der Waals surface area contributed by atoms with Crippen LogP contribution in [0.2, 0.25) is 0 Å². The zero-order valence-corrected chi connectivity index (χ0v) is 12.6. The number of nitrogens with one attached hydrogen (secondary N) is 1. The first kappa shape index (κ1) is 18.1. The summed E-state index contributed by atoms with van der Waals surface area (Å²) in [5.74, 6) is -1.92. The van der Waals surface area contributed by atoms with Crippen molar-refractivity contribution in [3.05, 3.63) is 35.1 Å². The average Bonchev–Trinajstić information content (AvgIpc) is 2.44. The van der Waals surface area contributed by atoms with Crippen molar-refractivity contribution in [3.63, 3.8) is 0 Å². The van der Waals surface area contributed by atoms with E-state index >= 15 is 0 Å². The van der Waals surface area contributed by atoms with Gasteiger partial charge in [0.2, 0.25) is 0 Å². The summed E-state index contributed by atoms with van der Waals surface area (Å²) in [4.78, 5) is 22.6. The number of rotatable bonds is 9. The zero-order valence-electron chi connectivity index (χ0n) is 12.6. The van der Waals surface area contributed by atoms with Gasteiger partial charge in [-0.05, 0) is 25.1 Å². The molecule has 7 heteroatoms. The number of carbonyl (C=O) groups is 2. The molecule has 1 rings (SSSR count). The van der Waals surface area contributed by atoms with Crippen molar-refractivity contribution in [1.29, 1.82) is 0 Å². The van der Waals surface area contributed by atoms with E-state index < -0.39 is 23.7 Å². The molecule has 1 amide bonds. The van der Waals surface area contributed by atoms with Crippen LogP contribution in [0.15, 0.2) is 18.2 Å². The topological polar surface area (TPSA) is 84.9 Å². The number of hydrogen-bond donors (Lipinski definition) is 2. The van der Waals surface area contributed by atoms with E-state index in [9.17, 15) is 14.0 Å². The maximum Gasteiger partial charge on any atom is 0.305 e. The van der Waals surface area contributed by atoms with Crippen LogP contribution in [0.1, 0.15) is 29.3 Å². The molecule has 0 heterocycles. The number of carbonyl (C=O) groups excluding carboxylic acids is 1. The van der Waals surface area contributed by atoms with Crippen molar-refractivity contribution in [2.24, 2.45) is 0 Å². The largest absolute Gasteiger partial charge is 0.481 e. The molecule has 0 aliphatic carbocycles. The summed E-state index contributed by atoms with van der Waals surface area (Å²) < 4.78 is 23.7. The van der Waals surface area contributed by atoms with Crippen LogP contribution in [0, 0.1) is 5.82 Å². The molecule has 2 N–H and O–H groups in total. The molecule has 1 unspecified atom stereocenters. The summed E-state index contributed by atoms with van der Waals surface area (Å²) in [5.41, 5.74) is 0.513. The van der Waals surface area contributed by atoms with Gasteiger partial charge in [-0.1, -0.05) is 0 Å². The van der Waals surface area contributed by atoms with Crippen LogP contribution < -0.4 is 5.32 Å². The summed E-state index contributed by atoms with van der Waals surface area (Å²) in [6.45, 7) is 2.34. The number of ether oxygens (including phenoxy) is 2. The molecule has 6 nitrogen and oxygen atoms in total. The van der Waals surface area contributed by atoms with Crippen LogP contribution in [-0.4, -0.2) is 43.3 Å². The molecule has 0 aromatic heterocycles. The molecule has 0 aliphatic heterocycles. The molecular weight excluding hydrogens is 293 g/mol. The molecule has 22 heavy (non-hydrogen) atoms.